The van der Waals surface area contributed by atoms with E-state index in [9.17, 15) is 14.3 Å². The molecule has 0 aliphatic carbocycles. The van der Waals surface area contributed by atoms with E-state index >= 15 is 0 Å². The van der Waals surface area contributed by atoms with Crippen LogP contribution in [0.4, 0.5) is 4.39 Å². The third kappa shape index (κ3) is 1.91. The van der Waals surface area contributed by atoms with Crippen LogP contribution in [-0.4, -0.2) is 17.9 Å². The van der Waals surface area contributed by atoms with Crippen molar-refractivity contribution >= 4 is 6.29 Å². The van der Waals surface area contributed by atoms with Gasteiger partial charge in [-0.25, -0.2) is 4.39 Å². The molecular weight excluding hydrogens is 173 g/mol. The minimum Gasteiger partial charge on any atom is -0.387 e. The zero-order valence-electron chi connectivity index (χ0n) is 6.90. The zero-order chi connectivity index (χ0) is 9.84. The van der Waals surface area contributed by atoms with E-state index in [0.29, 0.717) is 6.29 Å². The summed E-state index contributed by atoms with van der Waals surface area (Å²) in [5.74, 6) is -0.639. The highest BCUT2D eigenvalue weighted by atomic mass is 19.1. The number of carbonyl (C=O) groups excluding carboxylic acids is 1. The van der Waals surface area contributed by atoms with Gasteiger partial charge in [0.05, 0.1) is 11.7 Å². The highest BCUT2D eigenvalue weighted by Crippen LogP contribution is 2.18. The minimum absolute atomic E-state index is 0.0374. The first-order valence-corrected chi connectivity index (χ1v) is 3.82. The average Bonchev–Trinajstić information content (AvgIpc) is 2.16. The van der Waals surface area contributed by atoms with E-state index in [0.717, 1.165) is 6.07 Å². The number of hydrogen-bond donors (Lipinski definition) is 2. The summed E-state index contributed by atoms with van der Waals surface area (Å²) < 4.78 is 13.0. The summed E-state index contributed by atoms with van der Waals surface area (Å²) in [6.45, 7) is -0.0374. The van der Waals surface area contributed by atoms with Crippen molar-refractivity contribution in [2.75, 3.05) is 6.54 Å². The first-order chi connectivity index (χ1) is 6.20. The van der Waals surface area contributed by atoms with Gasteiger partial charge >= 0.3 is 0 Å². The molecule has 3 nitrogen and oxygen atoms in total. The van der Waals surface area contributed by atoms with E-state index in [1.807, 2.05) is 0 Å². The number of rotatable bonds is 3. The van der Waals surface area contributed by atoms with Gasteiger partial charge < -0.3 is 10.8 Å². The molecule has 1 atom stereocenters. The Morgan fingerprint density at radius 3 is 2.85 bits per heavy atom. The topological polar surface area (TPSA) is 63.3 Å². The summed E-state index contributed by atoms with van der Waals surface area (Å²) in [7, 11) is 0. The standard InChI is InChI=1S/C9H10FNO2/c10-8-3-1-2-6(7(8)5-12)9(13)4-11/h1-3,5,9,13H,4,11H2. The molecule has 13 heavy (non-hydrogen) atoms. The SMILES string of the molecule is NCC(O)c1cccc(F)c1C=O. The van der Waals surface area contributed by atoms with Crippen LogP contribution < -0.4 is 5.73 Å². The predicted octanol–water partition coefficient (Wildman–Crippen LogP) is 0.630. The van der Waals surface area contributed by atoms with Crippen LogP contribution in [0.25, 0.3) is 0 Å². The largest absolute Gasteiger partial charge is 0.387 e. The van der Waals surface area contributed by atoms with Crippen molar-refractivity contribution in [2.45, 2.75) is 6.10 Å². The highest BCUT2D eigenvalue weighted by Gasteiger charge is 2.13. The summed E-state index contributed by atoms with van der Waals surface area (Å²) in [6.07, 6.45) is -0.611. The monoisotopic (exact) mass is 183 g/mol. The average molecular weight is 183 g/mol. The van der Waals surface area contributed by atoms with Crippen LogP contribution >= 0.6 is 0 Å². The molecule has 0 aliphatic rings. The maximum atomic E-state index is 13.0. The Morgan fingerprint density at radius 1 is 1.62 bits per heavy atom. The van der Waals surface area contributed by atoms with Crippen LogP contribution in [0.5, 0.6) is 0 Å². The highest BCUT2D eigenvalue weighted by molar-refractivity contribution is 5.77. The van der Waals surface area contributed by atoms with E-state index < -0.39 is 11.9 Å². The molecule has 0 amide bonds. The molecule has 1 aromatic carbocycles. The van der Waals surface area contributed by atoms with E-state index in [1.165, 1.54) is 12.1 Å². The van der Waals surface area contributed by atoms with Gasteiger partial charge in [0, 0.05) is 6.54 Å². The quantitative estimate of drug-likeness (QED) is 0.675. The Labute approximate surface area is 75.0 Å². The van der Waals surface area contributed by atoms with Crippen molar-refractivity contribution in [3.05, 3.63) is 35.1 Å². The van der Waals surface area contributed by atoms with Gasteiger partial charge in [0.1, 0.15) is 5.82 Å². The molecule has 70 valence electrons. The summed E-state index contributed by atoms with van der Waals surface area (Å²) in [5.41, 5.74) is 5.30. The lowest BCUT2D eigenvalue weighted by Gasteiger charge is -2.10. The van der Waals surface area contributed by atoms with Crippen LogP contribution in [-0.2, 0) is 0 Å². The number of aliphatic hydroxyl groups is 1. The van der Waals surface area contributed by atoms with Crippen LogP contribution in [0.3, 0.4) is 0 Å². The van der Waals surface area contributed by atoms with Gasteiger partial charge in [-0.1, -0.05) is 12.1 Å². The van der Waals surface area contributed by atoms with Gasteiger partial charge in [0.25, 0.3) is 0 Å². The molecule has 0 bridgehead atoms. The number of halogens is 1. The Hall–Kier alpha value is -1.26. The first-order valence-electron chi connectivity index (χ1n) is 3.82. The Balaban J connectivity index is 3.19. The third-order valence-electron chi connectivity index (χ3n) is 1.79. The second-order valence-electron chi connectivity index (χ2n) is 2.61. The molecule has 0 heterocycles. The molecule has 1 rings (SSSR count). The zero-order valence-corrected chi connectivity index (χ0v) is 6.90. The second kappa shape index (κ2) is 4.11. The smallest absolute Gasteiger partial charge is 0.153 e. The third-order valence-corrected chi connectivity index (χ3v) is 1.79. The normalized spacial score (nSPS) is 12.5. The molecular formula is C9H10FNO2. The number of aliphatic hydroxyl groups excluding tert-OH is 1. The Kier molecular flexibility index (Phi) is 3.11. The minimum atomic E-state index is -0.990. The summed E-state index contributed by atoms with van der Waals surface area (Å²) in [5, 5.41) is 9.32. The van der Waals surface area contributed by atoms with Gasteiger partial charge in [-0.2, -0.15) is 0 Å². The summed E-state index contributed by atoms with van der Waals surface area (Å²) in [6, 6.07) is 4.07. The van der Waals surface area contributed by atoms with Gasteiger partial charge in [-0.3, -0.25) is 4.79 Å². The number of hydrogen-bond acceptors (Lipinski definition) is 3. The lowest BCUT2D eigenvalue weighted by molar-refractivity contribution is 0.111. The number of benzene rings is 1. The lowest BCUT2D eigenvalue weighted by Crippen LogP contribution is -2.14. The maximum Gasteiger partial charge on any atom is 0.153 e. The van der Waals surface area contributed by atoms with E-state index in [2.05, 4.69) is 0 Å². The fourth-order valence-electron chi connectivity index (χ4n) is 1.10. The van der Waals surface area contributed by atoms with Gasteiger partial charge in [-0.15, -0.1) is 0 Å². The molecule has 0 spiro atoms. The summed E-state index contributed by atoms with van der Waals surface area (Å²) in [4.78, 5) is 10.5. The van der Waals surface area contributed by atoms with Gasteiger partial charge in [0.15, 0.2) is 6.29 Å². The van der Waals surface area contributed by atoms with E-state index in [1.54, 1.807) is 0 Å². The van der Waals surface area contributed by atoms with Crippen molar-refractivity contribution in [1.82, 2.24) is 0 Å². The van der Waals surface area contributed by atoms with Crippen LogP contribution in [0, 0.1) is 5.82 Å². The van der Waals surface area contributed by atoms with Crippen LogP contribution in [0.1, 0.15) is 22.0 Å². The van der Waals surface area contributed by atoms with Crippen molar-refractivity contribution in [3.8, 4) is 0 Å². The van der Waals surface area contributed by atoms with Crippen molar-refractivity contribution < 1.29 is 14.3 Å². The van der Waals surface area contributed by atoms with Crippen LogP contribution in [0.15, 0.2) is 18.2 Å². The molecule has 4 heteroatoms. The van der Waals surface area contributed by atoms with E-state index in [4.69, 9.17) is 5.73 Å². The molecule has 1 aromatic rings. The van der Waals surface area contributed by atoms with Gasteiger partial charge in [0.2, 0.25) is 0 Å². The fraction of sp³-hybridized carbons (Fsp3) is 0.222. The fourth-order valence-corrected chi connectivity index (χ4v) is 1.10. The second-order valence-corrected chi connectivity index (χ2v) is 2.61. The Morgan fingerprint density at radius 2 is 2.31 bits per heavy atom. The number of aldehydes is 1. The molecule has 0 fully saturated rings. The molecule has 0 saturated carbocycles. The first kappa shape index (κ1) is 9.83. The predicted molar refractivity (Wildman–Crippen MR) is 45.8 cm³/mol. The maximum absolute atomic E-state index is 13.0. The molecule has 0 aliphatic heterocycles. The van der Waals surface area contributed by atoms with Crippen molar-refractivity contribution in [3.63, 3.8) is 0 Å². The molecule has 0 aromatic heterocycles. The van der Waals surface area contributed by atoms with E-state index in [-0.39, 0.29) is 17.7 Å². The molecule has 1 unspecified atom stereocenters. The molecule has 0 saturated heterocycles. The van der Waals surface area contributed by atoms with Crippen molar-refractivity contribution in [2.24, 2.45) is 5.73 Å². The van der Waals surface area contributed by atoms with Gasteiger partial charge in [-0.05, 0) is 11.6 Å². The molecule has 3 N–H and O–H groups in total. The molecule has 0 radical (unpaired) electrons. The van der Waals surface area contributed by atoms with Crippen molar-refractivity contribution in [1.29, 1.82) is 0 Å². The Bertz CT molecular complexity index is 314. The van der Waals surface area contributed by atoms with Crippen LogP contribution in [0.2, 0.25) is 0 Å². The number of nitrogens with two attached hydrogens (primary N) is 1. The summed E-state index contributed by atoms with van der Waals surface area (Å²) >= 11 is 0. The number of carbonyl (C=O) groups is 1. The lowest BCUT2D eigenvalue weighted by atomic mass is 10.0.